The number of carbonyl (C=O) groups excluding carboxylic acids is 1. The summed E-state index contributed by atoms with van der Waals surface area (Å²) < 4.78 is 13.5. The molecule has 2 nitrogen and oxygen atoms in total. The van der Waals surface area contributed by atoms with Crippen LogP contribution in [0.5, 0.6) is 0 Å². The molecule has 16 heavy (non-hydrogen) atoms. The van der Waals surface area contributed by atoms with Gasteiger partial charge in [0, 0.05) is 17.5 Å². The molecule has 1 spiro atoms. The molecular weight excluding hydrogens is 205 g/mol. The Morgan fingerprint density at radius 1 is 1.38 bits per heavy atom. The maximum absolute atomic E-state index is 13.5. The number of aryl methyl sites for hydroxylation is 1. The molecule has 3 heteroatoms. The quantitative estimate of drug-likeness (QED) is 0.714. The van der Waals surface area contributed by atoms with Gasteiger partial charge in [-0.15, -0.1) is 0 Å². The molecule has 1 saturated carbocycles. The molecule has 0 saturated heterocycles. The van der Waals surface area contributed by atoms with Crippen molar-refractivity contribution in [2.45, 2.75) is 38.0 Å². The van der Waals surface area contributed by atoms with Crippen LogP contribution in [0, 0.1) is 12.7 Å². The van der Waals surface area contributed by atoms with Crippen LogP contribution in [0.2, 0.25) is 0 Å². The standard InChI is InChI=1S/C13H14FNO/c1-8-5-9-11(6-10(8)14)15-12(16)7-13(9)3-2-4-13/h5-6H,2-4,7H2,1H3,(H,15,16). The van der Waals surface area contributed by atoms with E-state index in [0.717, 1.165) is 18.4 Å². The lowest BCUT2D eigenvalue weighted by molar-refractivity contribution is -0.118. The molecule has 1 amide bonds. The summed E-state index contributed by atoms with van der Waals surface area (Å²) in [7, 11) is 0. The minimum atomic E-state index is -0.240. The van der Waals surface area contributed by atoms with Crippen molar-refractivity contribution in [3.8, 4) is 0 Å². The third-order valence-electron chi connectivity index (χ3n) is 3.95. The fraction of sp³-hybridized carbons (Fsp3) is 0.462. The topological polar surface area (TPSA) is 29.1 Å². The lowest BCUT2D eigenvalue weighted by atomic mass is 9.60. The predicted molar refractivity (Wildman–Crippen MR) is 59.9 cm³/mol. The fourth-order valence-electron chi connectivity index (χ4n) is 2.87. The van der Waals surface area contributed by atoms with E-state index in [2.05, 4.69) is 5.32 Å². The van der Waals surface area contributed by atoms with Crippen molar-refractivity contribution in [2.75, 3.05) is 5.32 Å². The monoisotopic (exact) mass is 219 g/mol. The number of nitrogens with one attached hydrogen (secondary N) is 1. The van der Waals surface area contributed by atoms with E-state index in [1.54, 1.807) is 6.92 Å². The van der Waals surface area contributed by atoms with Gasteiger partial charge in [-0.05, 0) is 37.0 Å². The number of fused-ring (bicyclic) bond motifs is 2. The molecule has 2 aliphatic rings. The molecule has 84 valence electrons. The number of hydrogen-bond acceptors (Lipinski definition) is 1. The summed E-state index contributed by atoms with van der Waals surface area (Å²) >= 11 is 0. The van der Waals surface area contributed by atoms with Crippen molar-refractivity contribution < 1.29 is 9.18 Å². The minimum absolute atomic E-state index is 0.0100. The Labute approximate surface area is 93.9 Å². The van der Waals surface area contributed by atoms with Crippen molar-refractivity contribution in [1.82, 2.24) is 0 Å². The molecule has 3 rings (SSSR count). The molecule has 1 aromatic carbocycles. The fourth-order valence-corrected chi connectivity index (χ4v) is 2.87. The smallest absolute Gasteiger partial charge is 0.225 e. The third-order valence-corrected chi connectivity index (χ3v) is 3.95. The van der Waals surface area contributed by atoms with Gasteiger partial charge in [0.2, 0.25) is 5.91 Å². The van der Waals surface area contributed by atoms with Crippen LogP contribution in [0.1, 0.15) is 36.8 Å². The van der Waals surface area contributed by atoms with E-state index in [4.69, 9.17) is 0 Å². The van der Waals surface area contributed by atoms with Gasteiger partial charge in [-0.2, -0.15) is 0 Å². The zero-order valence-corrected chi connectivity index (χ0v) is 9.27. The van der Waals surface area contributed by atoms with Crippen molar-refractivity contribution in [3.63, 3.8) is 0 Å². The van der Waals surface area contributed by atoms with Crippen LogP contribution in [-0.2, 0) is 10.2 Å². The average Bonchev–Trinajstić information content (AvgIpc) is 2.17. The van der Waals surface area contributed by atoms with Gasteiger partial charge in [-0.1, -0.05) is 12.5 Å². The highest BCUT2D eigenvalue weighted by molar-refractivity contribution is 5.95. The number of benzene rings is 1. The first-order valence-electron chi connectivity index (χ1n) is 5.71. The van der Waals surface area contributed by atoms with Crippen molar-refractivity contribution in [2.24, 2.45) is 0 Å². The van der Waals surface area contributed by atoms with Gasteiger partial charge in [0.1, 0.15) is 5.82 Å². The van der Waals surface area contributed by atoms with Crippen LogP contribution in [0.25, 0.3) is 0 Å². The van der Waals surface area contributed by atoms with Crippen LogP contribution < -0.4 is 5.32 Å². The molecular formula is C13H14FNO. The minimum Gasteiger partial charge on any atom is -0.326 e. The maximum atomic E-state index is 13.5. The molecule has 1 heterocycles. The molecule has 0 bridgehead atoms. The van der Waals surface area contributed by atoms with Gasteiger partial charge in [0.25, 0.3) is 0 Å². The lowest BCUT2D eigenvalue weighted by Gasteiger charge is -2.45. The summed E-state index contributed by atoms with van der Waals surface area (Å²) in [6.07, 6.45) is 3.84. The summed E-state index contributed by atoms with van der Waals surface area (Å²) in [5, 5.41) is 2.77. The van der Waals surface area contributed by atoms with Crippen molar-refractivity contribution in [3.05, 3.63) is 29.1 Å². The van der Waals surface area contributed by atoms with Gasteiger partial charge in [-0.3, -0.25) is 4.79 Å². The number of rotatable bonds is 0. The molecule has 1 N–H and O–H groups in total. The highest BCUT2D eigenvalue weighted by atomic mass is 19.1. The Balaban J connectivity index is 2.17. The van der Waals surface area contributed by atoms with E-state index in [0.29, 0.717) is 17.7 Å². The van der Waals surface area contributed by atoms with Crippen molar-refractivity contribution in [1.29, 1.82) is 0 Å². The predicted octanol–water partition coefficient (Wildman–Crippen LogP) is 2.90. The largest absolute Gasteiger partial charge is 0.326 e. The highest BCUT2D eigenvalue weighted by Crippen LogP contribution is 2.51. The van der Waals surface area contributed by atoms with E-state index in [1.807, 2.05) is 6.07 Å². The first-order valence-corrected chi connectivity index (χ1v) is 5.71. The Bertz CT molecular complexity index is 477. The number of carbonyl (C=O) groups is 1. The first kappa shape index (κ1) is 9.82. The average molecular weight is 219 g/mol. The second-order valence-corrected chi connectivity index (χ2v) is 5.01. The first-order chi connectivity index (χ1) is 7.61. The zero-order valence-electron chi connectivity index (χ0n) is 9.27. The van der Waals surface area contributed by atoms with Crippen LogP contribution in [-0.4, -0.2) is 5.91 Å². The Morgan fingerprint density at radius 2 is 2.12 bits per heavy atom. The summed E-state index contributed by atoms with van der Waals surface area (Å²) in [6.45, 7) is 1.78. The normalized spacial score (nSPS) is 21.2. The van der Waals surface area contributed by atoms with Gasteiger partial charge in [0.15, 0.2) is 0 Å². The third kappa shape index (κ3) is 1.20. The summed E-state index contributed by atoms with van der Waals surface area (Å²) in [6, 6.07) is 3.37. The SMILES string of the molecule is Cc1cc2c(cc1F)NC(=O)CC21CCC1. The maximum Gasteiger partial charge on any atom is 0.225 e. The molecule has 1 aromatic rings. The van der Waals surface area contributed by atoms with E-state index in [9.17, 15) is 9.18 Å². The number of halogens is 1. The van der Waals surface area contributed by atoms with Crippen LogP contribution in [0.3, 0.4) is 0 Å². The summed E-state index contributed by atoms with van der Waals surface area (Å²) in [4.78, 5) is 11.6. The number of hydrogen-bond donors (Lipinski definition) is 1. The molecule has 1 aliphatic heterocycles. The van der Waals surface area contributed by atoms with Gasteiger partial charge >= 0.3 is 0 Å². The zero-order chi connectivity index (χ0) is 11.3. The molecule has 1 aliphatic carbocycles. The lowest BCUT2D eigenvalue weighted by Crippen LogP contribution is -2.42. The molecule has 0 unspecified atom stereocenters. The molecule has 0 aromatic heterocycles. The highest BCUT2D eigenvalue weighted by Gasteiger charge is 2.44. The Morgan fingerprint density at radius 3 is 2.75 bits per heavy atom. The van der Waals surface area contributed by atoms with E-state index < -0.39 is 0 Å². The van der Waals surface area contributed by atoms with Crippen LogP contribution in [0.15, 0.2) is 12.1 Å². The summed E-state index contributed by atoms with van der Waals surface area (Å²) in [5.41, 5.74) is 2.49. The second-order valence-electron chi connectivity index (χ2n) is 5.01. The van der Waals surface area contributed by atoms with Gasteiger partial charge in [0.05, 0.1) is 0 Å². The van der Waals surface area contributed by atoms with E-state index in [1.165, 1.54) is 12.5 Å². The number of anilines is 1. The molecule has 0 atom stereocenters. The van der Waals surface area contributed by atoms with Gasteiger partial charge < -0.3 is 5.32 Å². The Kier molecular flexibility index (Phi) is 1.88. The van der Waals surface area contributed by atoms with Crippen LogP contribution >= 0.6 is 0 Å². The Hall–Kier alpha value is -1.38. The molecule has 1 fully saturated rings. The van der Waals surface area contributed by atoms with Crippen molar-refractivity contribution >= 4 is 11.6 Å². The van der Waals surface area contributed by atoms with E-state index >= 15 is 0 Å². The molecule has 0 radical (unpaired) electrons. The number of amides is 1. The summed E-state index contributed by atoms with van der Waals surface area (Å²) in [5.74, 6) is -0.217. The van der Waals surface area contributed by atoms with Crippen LogP contribution in [0.4, 0.5) is 10.1 Å². The van der Waals surface area contributed by atoms with E-state index in [-0.39, 0.29) is 17.1 Å². The second kappa shape index (κ2) is 3.06. The van der Waals surface area contributed by atoms with Gasteiger partial charge in [-0.25, -0.2) is 4.39 Å².